The van der Waals surface area contributed by atoms with Crippen molar-refractivity contribution in [1.29, 1.82) is 0 Å². The van der Waals surface area contributed by atoms with E-state index in [0.717, 1.165) is 16.9 Å². The van der Waals surface area contributed by atoms with Gasteiger partial charge in [-0.2, -0.15) is 0 Å². The summed E-state index contributed by atoms with van der Waals surface area (Å²) in [5, 5.41) is 6.48. The van der Waals surface area contributed by atoms with Crippen molar-refractivity contribution in [3.63, 3.8) is 0 Å². The monoisotopic (exact) mass is 359 g/mol. The average Bonchev–Trinajstić information content (AvgIpc) is 2.71. The van der Waals surface area contributed by atoms with Crippen molar-refractivity contribution in [2.75, 3.05) is 11.9 Å². The highest BCUT2D eigenvalue weighted by Crippen LogP contribution is 2.26. The molecule has 4 heteroatoms. The quantitative estimate of drug-likeness (QED) is 0.668. The van der Waals surface area contributed by atoms with Crippen molar-refractivity contribution in [1.82, 2.24) is 10.3 Å². The van der Waals surface area contributed by atoms with E-state index in [1.165, 1.54) is 5.56 Å². The zero-order chi connectivity index (χ0) is 19.1. The molecule has 2 N–H and O–H groups in total. The Labute approximate surface area is 160 Å². The second-order valence-electron chi connectivity index (χ2n) is 6.81. The lowest BCUT2D eigenvalue weighted by Gasteiger charge is -2.31. The standard InChI is InChI=1S/C23H25N3O/c1-18-11-13-21(14-12-18)26-23(2,19-8-4-3-5-9-19)22(27)25-17-15-20-10-6-7-16-24-20/h3-14,16,26H,15,17H2,1-2H3,(H,25,27). The molecule has 0 aliphatic carbocycles. The average molecular weight is 359 g/mol. The molecule has 0 radical (unpaired) electrons. The summed E-state index contributed by atoms with van der Waals surface area (Å²) in [6.45, 7) is 4.50. The van der Waals surface area contributed by atoms with E-state index in [1.54, 1.807) is 6.20 Å². The van der Waals surface area contributed by atoms with Crippen molar-refractivity contribution < 1.29 is 4.79 Å². The molecular formula is C23H25N3O. The molecular weight excluding hydrogens is 334 g/mol. The number of amides is 1. The fourth-order valence-corrected chi connectivity index (χ4v) is 2.98. The van der Waals surface area contributed by atoms with E-state index >= 15 is 0 Å². The molecule has 0 saturated carbocycles. The number of hydrogen-bond donors (Lipinski definition) is 2. The molecule has 1 unspecified atom stereocenters. The molecule has 0 bridgehead atoms. The van der Waals surface area contributed by atoms with Gasteiger partial charge in [-0.1, -0.05) is 54.1 Å². The first-order chi connectivity index (χ1) is 13.1. The number of hydrogen-bond acceptors (Lipinski definition) is 3. The van der Waals surface area contributed by atoms with Gasteiger partial charge in [0.15, 0.2) is 0 Å². The third kappa shape index (κ3) is 4.73. The van der Waals surface area contributed by atoms with Gasteiger partial charge in [-0.05, 0) is 43.7 Å². The molecule has 3 aromatic rings. The molecule has 138 valence electrons. The Hall–Kier alpha value is -3.14. The second-order valence-corrected chi connectivity index (χ2v) is 6.81. The predicted molar refractivity (Wildman–Crippen MR) is 110 cm³/mol. The highest BCUT2D eigenvalue weighted by molar-refractivity contribution is 5.90. The summed E-state index contributed by atoms with van der Waals surface area (Å²) in [7, 11) is 0. The molecule has 27 heavy (non-hydrogen) atoms. The number of pyridine rings is 1. The topological polar surface area (TPSA) is 54.0 Å². The van der Waals surface area contributed by atoms with Gasteiger partial charge in [-0.3, -0.25) is 9.78 Å². The summed E-state index contributed by atoms with van der Waals surface area (Å²) in [5.74, 6) is -0.0646. The van der Waals surface area contributed by atoms with Gasteiger partial charge in [0.2, 0.25) is 5.91 Å². The Morgan fingerprint density at radius 3 is 2.33 bits per heavy atom. The molecule has 0 spiro atoms. The minimum Gasteiger partial charge on any atom is -0.368 e. The van der Waals surface area contributed by atoms with Crippen LogP contribution in [-0.4, -0.2) is 17.4 Å². The summed E-state index contributed by atoms with van der Waals surface area (Å²) in [5.41, 5.74) is 3.10. The Balaban J connectivity index is 1.76. The van der Waals surface area contributed by atoms with Crippen LogP contribution in [0.4, 0.5) is 5.69 Å². The molecule has 2 aromatic carbocycles. The molecule has 1 amide bonds. The SMILES string of the molecule is Cc1ccc(NC(C)(C(=O)NCCc2ccccn2)c2ccccc2)cc1. The number of aromatic nitrogens is 1. The van der Waals surface area contributed by atoms with E-state index in [4.69, 9.17) is 0 Å². The van der Waals surface area contributed by atoms with Crippen LogP contribution in [0.5, 0.6) is 0 Å². The maximum absolute atomic E-state index is 13.1. The third-order valence-corrected chi connectivity index (χ3v) is 4.64. The number of anilines is 1. The molecule has 0 aliphatic rings. The van der Waals surface area contributed by atoms with Crippen molar-refractivity contribution in [2.45, 2.75) is 25.8 Å². The van der Waals surface area contributed by atoms with Gasteiger partial charge in [0.05, 0.1) is 0 Å². The Morgan fingerprint density at radius 1 is 0.963 bits per heavy atom. The molecule has 1 aromatic heterocycles. The number of aryl methyl sites for hydroxylation is 1. The van der Waals surface area contributed by atoms with Crippen LogP contribution in [-0.2, 0) is 16.8 Å². The second kappa shape index (κ2) is 8.49. The molecule has 4 nitrogen and oxygen atoms in total. The smallest absolute Gasteiger partial charge is 0.250 e. The first-order valence-electron chi connectivity index (χ1n) is 9.16. The fourth-order valence-electron chi connectivity index (χ4n) is 2.98. The normalized spacial score (nSPS) is 12.8. The molecule has 0 aliphatic heterocycles. The van der Waals surface area contributed by atoms with E-state index in [9.17, 15) is 4.79 Å². The van der Waals surface area contributed by atoms with Crippen LogP contribution in [0.25, 0.3) is 0 Å². The molecule has 0 fully saturated rings. The molecule has 1 atom stereocenters. The summed E-state index contributed by atoms with van der Waals surface area (Å²) < 4.78 is 0. The van der Waals surface area contributed by atoms with Crippen LogP contribution in [0.3, 0.4) is 0 Å². The lowest BCUT2D eigenvalue weighted by molar-refractivity contribution is -0.125. The van der Waals surface area contributed by atoms with Gasteiger partial charge >= 0.3 is 0 Å². The minimum absolute atomic E-state index is 0.0646. The number of carbonyl (C=O) groups is 1. The summed E-state index contributed by atoms with van der Waals surface area (Å²) >= 11 is 0. The van der Waals surface area contributed by atoms with Crippen LogP contribution in [0.15, 0.2) is 79.0 Å². The van der Waals surface area contributed by atoms with E-state index in [2.05, 4.69) is 15.6 Å². The first kappa shape index (κ1) is 18.6. The van der Waals surface area contributed by atoms with Gasteiger partial charge in [-0.25, -0.2) is 0 Å². The van der Waals surface area contributed by atoms with Gasteiger partial charge in [0, 0.05) is 30.5 Å². The van der Waals surface area contributed by atoms with E-state index in [0.29, 0.717) is 13.0 Å². The van der Waals surface area contributed by atoms with Crippen molar-refractivity contribution in [3.05, 3.63) is 95.8 Å². The van der Waals surface area contributed by atoms with Crippen LogP contribution >= 0.6 is 0 Å². The zero-order valence-electron chi connectivity index (χ0n) is 15.8. The molecule has 3 rings (SSSR count). The summed E-state index contributed by atoms with van der Waals surface area (Å²) in [4.78, 5) is 17.4. The highest BCUT2D eigenvalue weighted by atomic mass is 16.2. The predicted octanol–water partition coefficient (Wildman–Crippen LogP) is 4.08. The Morgan fingerprint density at radius 2 is 1.67 bits per heavy atom. The maximum atomic E-state index is 13.1. The fraction of sp³-hybridized carbons (Fsp3) is 0.217. The lowest BCUT2D eigenvalue weighted by Crippen LogP contribution is -2.48. The molecule has 0 saturated heterocycles. The number of nitrogens with one attached hydrogen (secondary N) is 2. The highest BCUT2D eigenvalue weighted by Gasteiger charge is 2.34. The number of carbonyl (C=O) groups excluding carboxylic acids is 1. The number of nitrogens with zero attached hydrogens (tertiary/aromatic N) is 1. The molecule has 1 heterocycles. The first-order valence-corrected chi connectivity index (χ1v) is 9.16. The van der Waals surface area contributed by atoms with Crippen LogP contribution < -0.4 is 10.6 Å². The van der Waals surface area contributed by atoms with Gasteiger partial charge in [-0.15, -0.1) is 0 Å². The third-order valence-electron chi connectivity index (χ3n) is 4.64. The van der Waals surface area contributed by atoms with E-state index < -0.39 is 5.54 Å². The van der Waals surface area contributed by atoms with E-state index in [1.807, 2.05) is 86.6 Å². The van der Waals surface area contributed by atoms with Gasteiger partial charge < -0.3 is 10.6 Å². The van der Waals surface area contributed by atoms with Gasteiger partial charge in [0.25, 0.3) is 0 Å². The Bertz CT molecular complexity index is 863. The van der Waals surface area contributed by atoms with Crippen molar-refractivity contribution >= 4 is 11.6 Å². The Kier molecular flexibility index (Phi) is 5.87. The largest absolute Gasteiger partial charge is 0.368 e. The van der Waals surface area contributed by atoms with Crippen LogP contribution in [0, 0.1) is 6.92 Å². The number of benzene rings is 2. The van der Waals surface area contributed by atoms with Crippen LogP contribution in [0.2, 0.25) is 0 Å². The summed E-state index contributed by atoms with van der Waals surface area (Å²) in [6.07, 6.45) is 2.46. The minimum atomic E-state index is -0.874. The zero-order valence-corrected chi connectivity index (χ0v) is 15.8. The van der Waals surface area contributed by atoms with E-state index in [-0.39, 0.29) is 5.91 Å². The number of rotatable bonds is 7. The summed E-state index contributed by atoms with van der Waals surface area (Å²) in [6, 6.07) is 23.7. The van der Waals surface area contributed by atoms with Crippen molar-refractivity contribution in [2.24, 2.45) is 0 Å². The van der Waals surface area contributed by atoms with Crippen LogP contribution in [0.1, 0.15) is 23.7 Å². The maximum Gasteiger partial charge on any atom is 0.250 e. The van der Waals surface area contributed by atoms with Gasteiger partial charge in [0.1, 0.15) is 5.54 Å². The lowest BCUT2D eigenvalue weighted by atomic mass is 9.90. The van der Waals surface area contributed by atoms with Crippen molar-refractivity contribution in [3.8, 4) is 0 Å².